The summed E-state index contributed by atoms with van der Waals surface area (Å²) in [5, 5.41) is 2.51. The lowest BCUT2D eigenvalue weighted by Gasteiger charge is -2.31. The van der Waals surface area contributed by atoms with Crippen LogP contribution >= 0.6 is 0 Å². The van der Waals surface area contributed by atoms with Crippen molar-refractivity contribution in [2.45, 2.75) is 25.5 Å². The number of ether oxygens (including phenoxy) is 1. The zero-order valence-corrected chi connectivity index (χ0v) is 14.1. The lowest BCUT2D eigenvalue weighted by molar-refractivity contribution is 0.0498. The molecule has 24 heavy (non-hydrogen) atoms. The SMILES string of the molecule is CNC(=O)OC1CCN(Cc2ccc(-c3ccccc3)cc2)CC1. The Balaban J connectivity index is 1.51. The van der Waals surface area contributed by atoms with Crippen LogP contribution in [0.15, 0.2) is 54.6 Å². The van der Waals surface area contributed by atoms with Crippen molar-refractivity contribution in [3.8, 4) is 11.1 Å². The molecule has 1 N–H and O–H groups in total. The Morgan fingerprint density at radius 2 is 1.67 bits per heavy atom. The first kappa shape index (κ1) is 16.5. The number of nitrogens with zero attached hydrogens (tertiary/aromatic N) is 1. The molecule has 0 radical (unpaired) electrons. The van der Waals surface area contributed by atoms with Gasteiger partial charge < -0.3 is 10.1 Å². The van der Waals surface area contributed by atoms with Crippen LogP contribution in [0.4, 0.5) is 4.79 Å². The number of piperidine rings is 1. The smallest absolute Gasteiger partial charge is 0.407 e. The third kappa shape index (κ3) is 4.36. The van der Waals surface area contributed by atoms with E-state index in [0.717, 1.165) is 32.5 Å². The van der Waals surface area contributed by atoms with Crippen molar-refractivity contribution < 1.29 is 9.53 Å². The third-order valence-corrected chi connectivity index (χ3v) is 4.48. The first-order valence-corrected chi connectivity index (χ1v) is 8.49. The predicted molar refractivity (Wildman–Crippen MR) is 95.7 cm³/mol. The lowest BCUT2D eigenvalue weighted by Crippen LogP contribution is -2.38. The van der Waals surface area contributed by atoms with E-state index in [1.165, 1.54) is 16.7 Å². The zero-order chi connectivity index (χ0) is 16.8. The van der Waals surface area contributed by atoms with Crippen LogP contribution in [0, 0.1) is 0 Å². The molecule has 126 valence electrons. The van der Waals surface area contributed by atoms with Crippen LogP contribution in [0.2, 0.25) is 0 Å². The van der Waals surface area contributed by atoms with Gasteiger partial charge in [0.1, 0.15) is 6.10 Å². The maximum atomic E-state index is 11.3. The van der Waals surface area contributed by atoms with Crippen molar-refractivity contribution in [1.82, 2.24) is 10.2 Å². The van der Waals surface area contributed by atoms with E-state index >= 15 is 0 Å². The number of carbonyl (C=O) groups is 1. The molecule has 1 amide bonds. The molecule has 2 aromatic carbocycles. The average molecular weight is 324 g/mol. The molecular weight excluding hydrogens is 300 g/mol. The molecular formula is C20H24N2O2. The van der Waals surface area contributed by atoms with Gasteiger partial charge in [0.2, 0.25) is 0 Å². The fourth-order valence-electron chi connectivity index (χ4n) is 3.09. The molecule has 4 nitrogen and oxygen atoms in total. The summed E-state index contributed by atoms with van der Waals surface area (Å²) < 4.78 is 5.33. The largest absolute Gasteiger partial charge is 0.446 e. The van der Waals surface area contributed by atoms with Crippen LogP contribution in [-0.4, -0.2) is 37.2 Å². The summed E-state index contributed by atoms with van der Waals surface area (Å²) in [6.45, 7) is 2.87. The maximum absolute atomic E-state index is 11.3. The third-order valence-electron chi connectivity index (χ3n) is 4.48. The molecule has 4 heteroatoms. The number of amides is 1. The van der Waals surface area contributed by atoms with Gasteiger partial charge in [-0.15, -0.1) is 0 Å². The summed E-state index contributed by atoms with van der Waals surface area (Å²) in [6, 6.07) is 19.2. The van der Waals surface area contributed by atoms with Gasteiger partial charge >= 0.3 is 6.09 Å². The molecule has 0 bridgehead atoms. The maximum Gasteiger partial charge on any atom is 0.407 e. The highest BCUT2D eigenvalue weighted by molar-refractivity contribution is 5.66. The Morgan fingerprint density at radius 1 is 1.04 bits per heavy atom. The standard InChI is InChI=1S/C20H24N2O2/c1-21-20(23)24-19-11-13-22(14-12-19)15-16-7-9-18(10-8-16)17-5-3-2-4-6-17/h2-10,19H,11-15H2,1H3,(H,21,23). The molecule has 0 spiro atoms. The number of rotatable bonds is 4. The van der Waals surface area contributed by atoms with Crippen molar-refractivity contribution >= 4 is 6.09 Å². The molecule has 1 heterocycles. The van der Waals surface area contributed by atoms with E-state index in [1.807, 2.05) is 6.07 Å². The Bertz CT molecular complexity index is 647. The molecule has 0 aromatic heterocycles. The summed E-state index contributed by atoms with van der Waals surface area (Å²) in [5.41, 5.74) is 3.81. The molecule has 1 aliphatic heterocycles. The van der Waals surface area contributed by atoms with Gasteiger partial charge in [0.05, 0.1) is 0 Å². The second kappa shape index (κ2) is 7.97. The summed E-state index contributed by atoms with van der Waals surface area (Å²) in [5.74, 6) is 0. The highest BCUT2D eigenvalue weighted by Gasteiger charge is 2.21. The highest BCUT2D eigenvalue weighted by Crippen LogP contribution is 2.21. The van der Waals surface area contributed by atoms with Crippen LogP contribution in [0.25, 0.3) is 11.1 Å². The van der Waals surface area contributed by atoms with Gasteiger partial charge in [-0.05, 0) is 29.5 Å². The Hall–Kier alpha value is -2.33. The number of carbonyl (C=O) groups excluding carboxylic acids is 1. The second-order valence-electron chi connectivity index (χ2n) is 6.19. The summed E-state index contributed by atoms with van der Waals surface area (Å²) >= 11 is 0. The summed E-state index contributed by atoms with van der Waals surface area (Å²) in [4.78, 5) is 13.7. The monoisotopic (exact) mass is 324 g/mol. The van der Waals surface area contributed by atoms with Gasteiger partial charge in [0.15, 0.2) is 0 Å². The van der Waals surface area contributed by atoms with E-state index in [9.17, 15) is 4.79 Å². The van der Waals surface area contributed by atoms with E-state index in [4.69, 9.17) is 4.74 Å². The minimum atomic E-state index is -0.329. The lowest BCUT2D eigenvalue weighted by atomic mass is 10.0. The van der Waals surface area contributed by atoms with Gasteiger partial charge in [0, 0.05) is 26.7 Å². The number of hydrogen-bond acceptors (Lipinski definition) is 3. The average Bonchev–Trinajstić information content (AvgIpc) is 2.64. The summed E-state index contributed by atoms with van der Waals surface area (Å²) in [6.07, 6.45) is 1.51. The fraction of sp³-hybridized carbons (Fsp3) is 0.350. The van der Waals surface area contributed by atoms with E-state index < -0.39 is 0 Å². The van der Waals surface area contributed by atoms with Crippen molar-refractivity contribution in [2.24, 2.45) is 0 Å². The van der Waals surface area contributed by atoms with Crippen LogP contribution in [0.5, 0.6) is 0 Å². The number of benzene rings is 2. The van der Waals surface area contributed by atoms with Crippen LogP contribution < -0.4 is 5.32 Å². The first-order valence-electron chi connectivity index (χ1n) is 8.49. The number of hydrogen-bond donors (Lipinski definition) is 1. The molecule has 1 aliphatic rings. The van der Waals surface area contributed by atoms with Crippen LogP contribution in [0.1, 0.15) is 18.4 Å². The Kier molecular flexibility index (Phi) is 5.49. The molecule has 0 saturated carbocycles. The zero-order valence-electron chi connectivity index (χ0n) is 14.1. The van der Waals surface area contributed by atoms with Gasteiger partial charge in [-0.1, -0.05) is 54.6 Å². The van der Waals surface area contributed by atoms with Crippen molar-refractivity contribution in [3.63, 3.8) is 0 Å². The van der Waals surface area contributed by atoms with E-state index in [2.05, 4.69) is 58.7 Å². The van der Waals surface area contributed by atoms with Gasteiger partial charge in [-0.2, -0.15) is 0 Å². The number of alkyl carbamates (subject to hydrolysis) is 1. The fourth-order valence-corrected chi connectivity index (χ4v) is 3.09. The van der Waals surface area contributed by atoms with E-state index in [-0.39, 0.29) is 12.2 Å². The van der Waals surface area contributed by atoms with Crippen LogP contribution in [0.3, 0.4) is 0 Å². The molecule has 0 aliphatic carbocycles. The van der Waals surface area contributed by atoms with E-state index in [1.54, 1.807) is 7.05 Å². The van der Waals surface area contributed by atoms with Gasteiger partial charge in [-0.25, -0.2) is 4.79 Å². The second-order valence-corrected chi connectivity index (χ2v) is 6.19. The Morgan fingerprint density at radius 3 is 2.29 bits per heavy atom. The van der Waals surface area contributed by atoms with Crippen molar-refractivity contribution in [3.05, 3.63) is 60.2 Å². The van der Waals surface area contributed by atoms with Gasteiger partial charge in [0.25, 0.3) is 0 Å². The normalized spacial score (nSPS) is 15.9. The topological polar surface area (TPSA) is 41.6 Å². The molecule has 1 saturated heterocycles. The van der Waals surface area contributed by atoms with E-state index in [0.29, 0.717) is 0 Å². The molecule has 2 aromatic rings. The van der Waals surface area contributed by atoms with Crippen molar-refractivity contribution in [2.75, 3.05) is 20.1 Å². The molecule has 3 rings (SSSR count). The highest BCUT2D eigenvalue weighted by atomic mass is 16.6. The van der Waals surface area contributed by atoms with Gasteiger partial charge in [-0.3, -0.25) is 4.90 Å². The quantitative estimate of drug-likeness (QED) is 0.933. The Labute approximate surface area is 143 Å². The molecule has 0 unspecified atom stereocenters. The number of likely N-dealkylation sites (tertiary alicyclic amines) is 1. The number of nitrogens with one attached hydrogen (secondary N) is 1. The minimum Gasteiger partial charge on any atom is -0.446 e. The molecule has 0 atom stereocenters. The van der Waals surface area contributed by atoms with Crippen molar-refractivity contribution in [1.29, 1.82) is 0 Å². The predicted octanol–water partition coefficient (Wildman–Crippen LogP) is 3.67. The minimum absolute atomic E-state index is 0.0432. The van der Waals surface area contributed by atoms with Crippen LogP contribution in [-0.2, 0) is 11.3 Å². The summed E-state index contributed by atoms with van der Waals surface area (Å²) in [7, 11) is 1.59. The first-order chi connectivity index (χ1) is 11.7. The molecule has 1 fully saturated rings.